The molecule has 0 aliphatic rings. The molecule has 2 heterocycles. The standard InChI is InChI=1S/C12H9BrN2O/c13-6-8-7-16-12(15-8)10-2-1-3-11-9(10)4-5-14-11/h1-5,7,14H,6H2. The molecule has 0 fully saturated rings. The highest BCUT2D eigenvalue weighted by Gasteiger charge is 2.09. The quantitative estimate of drug-likeness (QED) is 0.725. The second-order valence-electron chi connectivity index (χ2n) is 3.52. The number of aromatic amines is 1. The van der Waals surface area contributed by atoms with Gasteiger partial charge in [0.2, 0.25) is 5.89 Å². The Kier molecular flexibility index (Phi) is 2.29. The maximum absolute atomic E-state index is 5.46. The minimum Gasteiger partial charge on any atom is -0.444 e. The molecule has 80 valence electrons. The Hall–Kier alpha value is -1.55. The van der Waals surface area contributed by atoms with Crippen molar-refractivity contribution in [2.75, 3.05) is 0 Å². The highest BCUT2D eigenvalue weighted by molar-refractivity contribution is 9.08. The summed E-state index contributed by atoms with van der Waals surface area (Å²) >= 11 is 3.36. The fraction of sp³-hybridized carbons (Fsp3) is 0.0833. The van der Waals surface area contributed by atoms with Crippen LogP contribution in [-0.2, 0) is 5.33 Å². The lowest BCUT2D eigenvalue weighted by Gasteiger charge is -1.97. The van der Waals surface area contributed by atoms with Crippen LogP contribution in [0.25, 0.3) is 22.4 Å². The Balaban J connectivity index is 2.21. The molecule has 3 aromatic rings. The minimum absolute atomic E-state index is 0.666. The average Bonchev–Trinajstić information content (AvgIpc) is 2.97. The molecule has 0 amide bonds. The number of nitrogens with one attached hydrogen (secondary N) is 1. The van der Waals surface area contributed by atoms with Crippen LogP contribution < -0.4 is 0 Å². The summed E-state index contributed by atoms with van der Waals surface area (Å²) in [6.45, 7) is 0. The molecule has 0 aliphatic carbocycles. The molecule has 4 heteroatoms. The summed E-state index contributed by atoms with van der Waals surface area (Å²) in [7, 11) is 0. The summed E-state index contributed by atoms with van der Waals surface area (Å²) in [6.07, 6.45) is 3.60. The normalized spacial score (nSPS) is 11.1. The first-order valence-electron chi connectivity index (χ1n) is 4.95. The van der Waals surface area contributed by atoms with Gasteiger partial charge in [-0.3, -0.25) is 0 Å². The topological polar surface area (TPSA) is 41.8 Å². The molecule has 16 heavy (non-hydrogen) atoms. The van der Waals surface area contributed by atoms with E-state index in [9.17, 15) is 0 Å². The second kappa shape index (κ2) is 3.79. The Morgan fingerprint density at radius 1 is 1.31 bits per heavy atom. The minimum atomic E-state index is 0.666. The molecule has 0 saturated carbocycles. The van der Waals surface area contributed by atoms with Gasteiger partial charge in [0.1, 0.15) is 6.26 Å². The zero-order valence-corrected chi connectivity index (χ0v) is 9.99. The van der Waals surface area contributed by atoms with Crippen molar-refractivity contribution < 1.29 is 4.42 Å². The number of hydrogen-bond acceptors (Lipinski definition) is 2. The molecular formula is C12H9BrN2O. The van der Waals surface area contributed by atoms with Gasteiger partial charge in [0, 0.05) is 28.0 Å². The maximum atomic E-state index is 5.46. The predicted octanol–water partition coefficient (Wildman–Crippen LogP) is 3.72. The molecular weight excluding hydrogens is 268 g/mol. The van der Waals surface area contributed by atoms with E-state index in [0.29, 0.717) is 11.2 Å². The molecule has 0 radical (unpaired) electrons. The van der Waals surface area contributed by atoms with Gasteiger partial charge in [0.25, 0.3) is 0 Å². The van der Waals surface area contributed by atoms with Gasteiger partial charge in [0.05, 0.1) is 5.69 Å². The third-order valence-electron chi connectivity index (χ3n) is 2.51. The van der Waals surface area contributed by atoms with Crippen LogP contribution >= 0.6 is 15.9 Å². The lowest BCUT2D eigenvalue weighted by atomic mass is 10.1. The van der Waals surface area contributed by atoms with Gasteiger partial charge in [-0.2, -0.15) is 0 Å². The lowest BCUT2D eigenvalue weighted by Crippen LogP contribution is -1.80. The molecule has 0 spiro atoms. The SMILES string of the molecule is BrCc1coc(-c2cccc3[nH]ccc23)n1. The summed E-state index contributed by atoms with van der Waals surface area (Å²) < 4.78 is 5.46. The summed E-state index contributed by atoms with van der Waals surface area (Å²) in [5.41, 5.74) is 3.02. The van der Waals surface area contributed by atoms with Gasteiger partial charge in [-0.1, -0.05) is 22.0 Å². The fourth-order valence-corrected chi connectivity index (χ4v) is 2.02. The van der Waals surface area contributed by atoms with Crippen molar-refractivity contribution >= 4 is 26.8 Å². The number of oxazole rings is 1. The first kappa shape index (κ1) is 9.66. The van der Waals surface area contributed by atoms with E-state index < -0.39 is 0 Å². The molecule has 1 aromatic carbocycles. The van der Waals surface area contributed by atoms with Crippen molar-refractivity contribution in [1.29, 1.82) is 0 Å². The van der Waals surface area contributed by atoms with Crippen LogP contribution in [0.1, 0.15) is 5.69 Å². The molecule has 2 aromatic heterocycles. The Bertz CT molecular complexity index is 627. The molecule has 0 unspecified atom stereocenters. The van der Waals surface area contributed by atoms with E-state index in [4.69, 9.17) is 4.42 Å². The van der Waals surface area contributed by atoms with E-state index in [1.807, 2.05) is 30.5 Å². The molecule has 1 N–H and O–H groups in total. The smallest absolute Gasteiger partial charge is 0.226 e. The van der Waals surface area contributed by atoms with E-state index in [2.05, 4.69) is 25.9 Å². The number of H-pyrrole nitrogens is 1. The number of hydrogen-bond donors (Lipinski definition) is 1. The number of benzene rings is 1. The number of alkyl halides is 1. The van der Waals surface area contributed by atoms with Crippen LogP contribution in [-0.4, -0.2) is 9.97 Å². The fourth-order valence-electron chi connectivity index (χ4n) is 1.76. The van der Waals surface area contributed by atoms with Crippen LogP contribution in [0.15, 0.2) is 41.1 Å². The largest absolute Gasteiger partial charge is 0.444 e. The summed E-state index contributed by atoms with van der Waals surface area (Å²) in [5, 5.41) is 1.84. The van der Waals surface area contributed by atoms with E-state index >= 15 is 0 Å². The van der Waals surface area contributed by atoms with Crippen molar-refractivity contribution in [3.8, 4) is 11.5 Å². The van der Waals surface area contributed by atoms with Crippen molar-refractivity contribution in [3.63, 3.8) is 0 Å². The summed E-state index contributed by atoms with van der Waals surface area (Å²) in [4.78, 5) is 7.57. The molecule has 3 rings (SSSR count). The van der Waals surface area contributed by atoms with Gasteiger partial charge in [-0.05, 0) is 18.2 Å². The Morgan fingerprint density at radius 2 is 2.25 bits per heavy atom. The van der Waals surface area contributed by atoms with Gasteiger partial charge in [0.15, 0.2) is 0 Å². The average molecular weight is 277 g/mol. The molecule has 3 nitrogen and oxygen atoms in total. The van der Waals surface area contributed by atoms with Gasteiger partial charge >= 0.3 is 0 Å². The maximum Gasteiger partial charge on any atom is 0.226 e. The highest BCUT2D eigenvalue weighted by atomic mass is 79.9. The predicted molar refractivity (Wildman–Crippen MR) is 66.4 cm³/mol. The zero-order valence-electron chi connectivity index (χ0n) is 8.40. The molecule has 0 saturated heterocycles. The van der Waals surface area contributed by atoms with Gasteiger partial charge in [-0.15, -0.1) is 0 Å². The van der Waals surface area contributed by atoms with E-state index in [-0.39, 0.29) is 0 Å². The Morgan fingerprint density at radius 3 is 3.06 bits per heavy atom. The number of fused-ring (bicyclic) bond motifs is 1. The van der Waals surface area contributed by atoms with Crippen molar-refractivity contribution in [3.05, 3.63) is 42.4 Å². The molecule has 0 bridgehead atoms. The summed E-state index contributed by atoms with van der Waals surface area (Å²) in [5.74, 6) is 0.666. The van der Waals surface area contributed by atoms with Crippen molar-refractivity contribution in [2.45, 2.75) is 5.33 Å². The number of halogens is 1. The van der Waals surface area contributed by atoms with Crippen LogP contribution in [0.4, 0.5) is 0 Å². The zero-order chi connectivity index (χ0) is 11.0. The number of rotatable bonds is 2. The van der Waals surface area contributed by atoms with E-state index in [1.54, 1.807) is 6.26 Å². The van der Waals surface area contributed by atoms with Crippen LogP contribution in [0.3, 0.4) is 0 Å². The first-order valence-corrected chi connectivity index (χ1v) is 6.07. The second-order valence-corrected chi connectivity index (χ2v) is 4.08. The first-order chi connectivity index (χ1) is 7.88. The number of aromatic nitrogens is 2. The Labute approximate surface area is 101 Å². The summed E-state index contributed by atoms with van der Waals surface area (Å²) in [6, 6.07) is 8.07. The van der Waals surface area contributed by atoms with E-state index in [0.717, 1.165) is 22.2 Å². The van der Waals surface area contributed by atoms with Crippen LogP contribution in [0, 0.1) is 0 Å². The van der Waals surface area contributed by atoms with Crippen molar-refractivity contribution in [2.24, 2.45) is 0 Å². The third-order valence-corrected chi connectivity index (χ3v) is 3.09. The van der Waals surface area contributed by atoms with Crippen LogP contribution in [0.5, 0.6) is 0 Å². The molecule has 0 atom stereocenters. The monoisotopic (exact) mass is 276 g/mol. The highest BCUT2D eigenvalue weighted by Crippen LogP contribution is 2.27. The van der Waals surface area contributed by atoms with Gasteiger partial charge < -0.3 is 9.40 Å². The van der Waals surface area contributed by atoms with Crippen molar-refractivity contribution in [1.82, 2.24) is 9.97 Å². The van der Waals surface area contributed by atoms with Gasteiger partial charge in [-0.25, -0.2) is 4.98 Å². The van der Waals surface area contributed by atoms with E-state index in [1.165, 1.54) is 0 Å². The molecule has 0 aliphatic heterocycles. The number of nitrogens with zero attached hydrogens (tertiary/aromatic N) is 1. The lowest BCUT2D eigenvalue weighted by molar-refractivity contribution is 0.574. The van der Waals surface area contributed by atoms with Crippen LogP contribution in [0.2, 0.25) is 0 Å². The third kappa shape index (κ3) is 1.46.